The van der Waals surface area contributed by atoms with Gasteiger partial charge in [-0.15, -0.1) is 0 Å². The van der Waals surface area contributed by atoms with Crippen molar-refractivity contribution in [3.8, 4) is 11.4 Å². The Hall–Kier alpha value is -2.00. The molecule has 0 radical (unpaired) electrons. The summed E-state index contributed by atoms with van der Waals surface area (Å²) in [6.07, 6.45) is 0. The first-order valence-corrected chi connectivity index (χ1v) is 6.44. The van der Waals surface area contributed by atoms with Crippen LogP contribution < -0.4 is 5.73 Å². The van der Waals surface area contributed by atoms with Gasteiger partial charge in [-0.1, -0.05) is 29.8 Å². The second kappa shape index (κ2) is 4.28. The van der Waals surface area contributed by atoms with Gasteiger partial charge in [-0.25, -0.2) is 4.98 Å². The predicted molar refractivity (Wildman–Crippen MR) is 80.3 cm³/mol. The van der Waals surface area contributed by atoms with E-state index in [4.69, 9.17) is 17.3 Å². The van der Waals surface area contributed by atoms with Crippen molar-refractivity contribution in [3.05, 3.63) is 47.0 Å². The zero-order chi connectivity index (χ0) is 13.6. The number of para-hydroxylation sites is 2. The van der Waals surface area contributed by atoms with Gasteiger partial charge in [-0.3, -0.25) is 0 Å². The molecule has 1 heterocycles. The molecule has 0 bridgehead atoms. The van der Waals surface area contributed by atoms with E-state index in [1.54, 1.807) is 6.07 Å². The molecule has 0 amide bonds. The summed E-state index contributed by atoms with van der Waals surface area (Å²) in [5.74, 6) is 0.837. The molecule has 2 N–H and O–H groups in total. The minimum Gasteiger partial charge on any atom is -0.397 e. The lowest BCUT2D eigenvalue weighted by atomic mass is 10.1. The summed E-state index contributed by atoms with van der Waals surface area (Å²) in [4.78, 5) is 4.67. The van der Waals surface area contributed by atoms with Crippen LogP contribution in [0.3, 0.4) is 0 Å². The van der Waals surface area contributed by atoms with E-state index in [1.807, 2.05) is 31.3 Å². The van der Waals surface area contributed by atoms with Crippen LogP contribution in [0.5, 0.6) is 0 Å². The third-order valence-electron chi connectivity index (χ3n) is 3.39. The van der Waals surface area contributed by atoms with Crippen LogP contribution in [0.15, 0.2) is 36.4 Å². The summed E-state index contributed by atoms with van der Waals surface area (Å²) in [6.45, 7) is 2.08. The molecule has 0 aliphatic rings. The number of halogens is 1. The van der Waals surface area contributed by atoms with E-state index in [1.165, 1.54) is 5.56 Å². The van der Waals surface area contributed by atoms with Crippen molar-refractivity contribution >= 4 is 28.3 Å². The lowest BCUT2D eigenvalue weighted by molar-refractivity contribution is 0.956. The van der Waals surface area contributed by atoms with E-state index in [0.29, 0.717) is 10.7 Å². The van der Waals surface area contributed by atoms with Crippen LogP contribution >= 0.6 is 11.6 Å². The second-order valence-electron chi connectivity index (χ2n) is 4.64. The zero-order valence-electron chi connectivity index (χ0n) is 10.8. The van der Waals surface area contributed by atoms with Crippen LogP contribution in [-0.2, 0) is 7.05 Å². The van der Waals surface area contributed by atoms with Gasteiger partial charge in [0.05, 0.1) is 21.7 Å². The topological polar surface area (TPSA) is 43.8 Å². The Balaban J connectivity index is 2.35. The Labute approximate surface area is 116 Å². The highest BCUT2D eigenvalue weighted by atomic mass is 35.5. The minimum absolute atomic E-state index is 0.557. The molecule has 96 valence electrons. The lowest BCUT2D eigenvalue weighted by Crippen LogP contribution is -1.98. The molecule has 0 unspecified atom stereocenters. The molecule has 4 heteroatoms. The van der Waals surface area contributed by atoms with E-state index in [9.17, 15) is 0 Å². The maximum absolute atomic E-state index is 6.08. The molecule has 0 saturated heterocycles. The molecule has 0 aliphatic carbocycles. The molecule has 2 aromatic carbocycles. The number of nitrogens with zero attached hydrogens (tertiary/aromatic N) is 2. The van der Waals surface area contributed by atoms with Crippen molar-refractivity contribution < 1.29 is 0 Å². The quantitative estimate of drug-likeness (QED) is 0.685. The van der Waals surface area contributed by atoms with Crippen molar-refractivity contribution in [3.63, 3.8) is 0 Å². The van der Waals surface area contributed by atoms with E-state index in [-0.39, 0.29) is 0 Å². The maximum Gasteiger partial charge on any atom is 0.143 e. The van der Waals surface area contributed by atoms with Gasteiger partial charge in [0.2, 0.25) is 0 Å². The van der Waals surface area contributed by atoms with Crippen LogP contribution in [0.2, 0.25) is 5.02 Å². The average Bonchev–Trinajstić information content (AvgIpc) is 2.72. The summed E-state index contributed by atoms with van der Waals surface area (Å²) in [6, 6.07) is 11.7. The van der Waals surface area contributed by atoms with Crippen LogP contribution in [0.4, 0.5) is 5.69 Å². The van der Waals surface area contributed by atoms with Crippen LogP contribution in [0.1, 0.15) is 5.56 Å². The number of rotatable bonds is 1. The number of fused-ring (bicyclic) bond motifs is 1. The summed E-state index contributed by atoms with van der Waals surface area (Å²) >= 11 is 6.08. The van der Waals surface area contributed by atoms with Gasteiger partial charge in [-0.2, -0.15) is 0 Å². The maximum atomic E-state index is 6.08. The first kappa shape index (κ1) is 12.1. The van der Waals surface area contributed by atoms with Gasteiger partial charge in [0.15, 0.2) is 0 Å². The molecule has 3 nitrogen and oxygen atoms in total. The second-order valence-corrected chi connectivity index (χ2v) is 5.05. The summed E-state index contributed by atoms with van der Waals surface area (Å²) in [5, 5.41) is 0.557. The molecule has 0 aliphatic heterocycles. The fourth-order valence-electron chi connectivity index (χ4n) is 2.44. The number of aromatic nitrogens is 2. The standard InChI is InChI=1S/C15H14ClN3/c1-9-5-3-8-12-14(9)19(2)15(18-12)10-6-4-7-11(16)13(10)17/h3-8H,17H2,1-2H3. The number of nitrogen functional groups attached to an aromatic ring is 1. The molecule has 0 atom stereocenters. The van der Waals surface area contributed by atoms with Crippen molar-refractivity contribution in [2.45, 2.75) is 6.92 Å². The van der Waals surface area contributed by atoms with Crippen LogP contribution in [0, 0.1) is 6.92 Å². The lowest BCUT2D eigenvalue weighted by Gasteiger charge is -2.07. The van der Waals surface area contributed by atoms with Gasteiger partial charge >= 0.3 is 0 Å². The Kier molecular flexibility index (Phi) is 2.72. The SMILES string of the molecule is Cc1cccc2nc(-c3cccc(Cl)c3N)n(C)c12. The number of anilines is 1. The van der Waals surface area contributed by atoms with Crippen LogP contribution in [-0.4, -0.2) is 9.55 Å². The smallest absolute Gasteiger partial charge is 0.143 e. The Morgan fingerprint density at radius 2 is 1.89 bits per heavy atom. The predicted octanol–water partition coefficient (Wildman–Crippen LogP) is 3.78. The molecular weight excluding hydrogens is 258 g/mol. The number of benzene rings is 2. The highest BCUT2D eigenvalue weighted by Crippen LogP contribution is 2.32. The fourth-order valence-corrected chi connectivity index (χ4v) is 2.61. The molecule has 0 saturated carbocycles. The average molecular weight is 272 g/mol. The third-order valence-corrected chi connectivity index (χ3v) is 3.72. The molecule has 3 rings (SSSR count). The van der Waals surface area contributed by atoms with Gasteiger partial charge in [0.1, 0.15) is 5.82 Å². The van der Waals surface area contributed by atoms with E-state index < -0.39 is 0 Å². The third kappa shape index (κ3) is 1.78. The molecular formula is C15H14ClN3. The number of hydrogen-bond acceptors (Lipinski definition) is 2. The summed E-state index contributed by atoms with van der Waals surface area (Å²) < 4.78 is 2.06. The number of hydrogen-bond donors (Lipinski definition) is 1. The number of aryl methyl sites for hydroxylation is 2. The highest BCUT2D eigenvalue weighted by Gasteiger charge is 2.14. The monoisotopic (exact) mass is 271 g/mol. The van der Waals surface area contributed by atoms with E-state index >= 15 is 0 Å². The van der Waals surface area contributed by atoms with Gasteiger partial charge in [0.25, 0.3) is 0 Å². The molecule has 0 spiro atoms. The summed E-state index contributed by atoms with van der Waals surface area (Å²) in [7, 11) is 2.00. The van der Waals surface area contributed by atoms with Crippen molar-refractivity contribution in [1.29, 1.82) is 0 Å². The van der Waals surface area contributed by atoms with Crippen molar-refractivity contribution in [2.24, 2.45) is 7.05 Å². The molecule has 0 fully saturated rings. The minimum atomic E-state index is 0.557. The fraction of sp³-hybridized carbons (Fsp3) is 0.133. The molecule has 3 aromatic rings. The highest BCUT2D eigenvalue weighted by molar-refractivity contribution is 6.33. The van der Waals surface area contributed by atoms with Gasteiger partial charge < -0.3 is 10.3 Å². The van der Waals surface area contributed by atoms with Crippen molar-refractivity contribution in [1.82, 2.24) is 9.55 Å². The number of nitrogens with two attached hydrogens (primary N) is 1. The van der Waals surface area contributed by atoms with Crippen molar-refractivity contribution in [2.75, 3.05) is 5.73 Å². The zero-order valence-corrected chi connectivity index (χ0v) is 11.6. The van der Waals surface area contributed by atoms with Gasteiger partial charge in [0, 0.05) is 12.6 Å². The largest absolute Gasteiger partial charge is 0.397 e. The Morgan fingerprint density at radius 3 is 2.63 bits per heavy atom. The van der Waals surface area contributed by atoms with E-state index in [0.717, 1.165) is 22.4 Å². The first-order chi connectivity index (χ1) is 9.09. The Bertz CT molecular complexity index is 774. The normalized spacial score (nSPS) is 11.1. The van der Waals surface area contributed by atoms with E-state index in [2.05, 4.69) is 22.5 Å². The molecule has 1 aromatic heterocycles. The molecule has 19 heavy (non-hydrogen) atoms. The summed E-state index contributed by atoms with van der Waals surface area (Å²) in [5.41, 5.74) is 10.8. The number of imidazole rings is 1. The van der Waals surface area contributed by atoms with Gasteiger partial charge in [-0.05, 0) is 30.7 Å². The van der Waals surface area contributed by atoms with Crippen LogP contribution in [0.25, 0.3) is 22.4 Å². The Morgan fingerprint density at radius 1 is 1.16 bits per heavy atom. The first-order valence-electron chi connectivity index (χ1n) is 6.06.